The van der Waals surface area contributed by atoms with Gasteiger partial charge < -0.3 is 15.1 Å². The molecule has 1 heterocycles. The standard InChI is InChI=1S/C22H29N3OS/c1-24(15-13-18-8-4-3-5-9-18)20-11-7-14-25(17-20)22(26)23-19-10-6-12-21(16-19)27-2/h3-6,8-10,12,16,20H,7,11,13-15,17H2,1-2H3,(H,23,26). The number of anilines is 1. The van der Waals surface area contributed by atoms with E-state index >= 15 is 0 Å². The summed E-state index contributed by atoms with van der Waals surface area (Å²) in [5.74, 6) is 0. The van der Waals surface area contributed by atoms with Crippen molar-refractivity contribution in [1.82, 2.24) is 9.80 Å². The Kier molecular flexibility index (Phi) is 7.18. The molecule has 2 aromatic rings. The van der Waals surface area contributed by atoms with E-state index in [2.05, 4.69) is 53.7 Å². The van der Waals surface area contributed by atoms with E-state index in [9.17, 15) is 4.79 Å². The van der Waals surface area contributed by atoms with Crippen molar-refractivity contribution in [1.29, 1.82) is 0 Å². The zero-order chi connectivity index (χ0) is 19.1. The van der Waals surface area contributed by atoms with Crippen molar-refractivity contribution in [3.63, 3.8) is 0 Å². The second kappa shape index (κ2) is 9.81. The van der Waals surface area contributed by atoms with Crippen LogP contribution in [-0.4, -0.2) is 54.8 Å². The third-order valence-electron chi connectivity index (χ3n) is 5.22. The number of thioether (sulfide) groups is 1. The van der Waals surface area contributed by atoms with Crippen molar-refractivity contribution in [2.45, 2.75) is 30.2 Å². The van der Waals surface area contributed by atoms with Gasteiger partial charge in [-0.1, -0.05) is 36.4 Å². The Bertz CT molecular complexity index is 737. The van der Waals surface area contributed by atoms with Crippen LogP contribution in [0.5, 0.6) is 0 Å². The van der Waals surface area contributed by atoms with Crippen molar-refractivity contribution < 1.29 is 4.79 Å². The molecule has 0 aliphatic carbocycles. The maximum Gasteiger partial charge on any atom is 0.321 e. The lowest BCUT2D eigenvalue weighted by molar-refractivity contribution is 0.133. The number of carbonyl (C=O) groups excluding carboxylic acids is 1. The van der Waals surface area contributed by atoms with Gasteiger partial charge >= 0.3 is 6.03 Å². The number of nitrogens with one attached hydrogen (secondary N) is 1. The van der Waals surface area contributed by atoms with E-state index < -0.39 is 0 Å². The Hall–Kier alpha value is -1.98. The zero-order valence-corrected chi connectivity index (χ0v) is 17.0. The van der Waals surface area contributed by atoms with Crippen LogP contribution in [0.4, 0.5) is 10.5 Å². The molecule has 1 N–H and O–H groups in total. The molecule has 1 aliphatic heterocycles. The molecule has 3 rings (SSSR count). The van der Waals surface area contributed by atoms with Gasteiger partial charge in [-0.15, -0.1) is 11.8 Å². The van der Waals surface area contributed by atoms with Gasteiger partial charge in [0.2, 0.25) is 0 Å². The number of likely N-dealkylation sites (tertiary alicyclic amines) is 1. The van der Waals surface area contributed by atoms with E-state index in [-0.39, 0.29) is 6.03 Å². The van der Waals surface area contributed by atoms with Gasteiger partial charge in [0.05, 0.1) is 0 Å². The van der Waals surface area contributed by atoms with Crippen LogP contribution in [0.3, 0.4) is 0 Å². The highest BCUT2D eigenvalue weighted by molar-refractivity contribution is 7.98. The molecular weight excluding hydrogens is 354 g/mol. The van der Waals surface area contributed by atoms with E-state index in [0.717, 1.165) is 49.5 Å². The fraction of sp³-hybridized carbons (Fsp3) is 0.409. The largest absolute Gasteiger partial charge is 0.323 e. The summed E-state index contributed by atoms with van der Waals surface area (Å²) >= 11 is 1.68. The quantitative estimate of drug-likeness (QED) is 0.742. The average molecular weight is 384 g/mol. The van der Waals surface area contributed by atoms with Gasteiger partial charge in [-0.2, -0.15) is 0 Å². The summed E-state index contributed by atoms with van der Waals surface area (Å²) in [7, 11) is 2.18. The molecule has 1 fully saturated rings. The highest BCUT2D eigenvalue weighted by Crippen LogP contribution is 2.21. The van der Waals surface area contributed by atoms with Crippen LogP contribution in [0.1, 0.15) is 18.4 Å². The van der Waals surface area contributed by atoms with E-state index in [1.807, 2.05) is 29.4 Å². The van der Waals surface area contributed by atoms with Crippen molar-refractivity contribution in [3.8, 4) is 0 Å². The predicted molar refractivity (Wildman–Crippen MR) is 115 cm³/mol. The molecule has 0 bridgehead atoms. The minimum atomic E-state index is 0.00872. The van der Waals surface area contributed by atoms with Gasteiger partial charge in [0.1, 0.15) is 0 Å². The summed E-state index contributed by atoms with van der Waals surface area (Å²) in [6.07, 6.45) is 5.29. The van der Waals surface area contributed by atoms with Crippen LogP contribution >= 0.6 is 11.8 Å². The Morgan fingerprint density at radius 3 is 2.81 bits per heavy atom. The van der Waals surface area contributed by atoms with Gasteiger partial charge in [0, 0.05) is 36.3 Å². The highest BCUT2D eigenvalue weighted by atomic mass is 32.2. The molecule has 2 amide bonds. The molecule has 1 atom stereocenters. The molecule has 1 aliphatic rings. The van der Waals surface area contributed by atoms with Crippen LogP contribution in [0.15, 0.2) is 59.5 Å². The number of rotatable bonds is 6. The van der Waals surface area contributed by atoms with Crippen LogP contribution in [-0.2, 0) is 6.42 Å². The first-order valence-electron chi connectivity index (χ1n) is 9.60. The maximum atomic E-state index is 12.7. The number of urea groups is 1. The molecule has 5 heteroatoms. The number of hydrogen-bond acceptors (Lipinski definition) is 3. The molecule has 144 valence electrons. The Morgan fingerprint density at radius 1 is 1.22 bits per heavy atom. The van der Waals surface area contributed by atoms with Crippen LogP contribution in [0.25, 0.3) is 0 Å². The predicted octanol–water partition coefficient (Wildman–Crippen LogP) is 4.58. The first kappa shape index (κ1) is 19.8. The van der Waals surface area contributed by atoms with Gasteiger partial charge in [0.15, 0.2) is 0 Å². The number of piperidine rings is 1. The topological polar surface area (TPSA) is 35.6 Å². The zero-order valence-electron chi connectivity index (χ0n) is 16.2. The number of hydrogen-bond donors (Lipinski definition) is 1. The first-order valence-corrected chi connectivity index (χ1v) is 10.8. The molecule has 0 radical (unpaired) electrons. The van der Waals surface area contributed by atoms with E-state index in [4.69, 9.17) is 0 Å². The second-order valence-electron chi connectivity index (χ2n) is 7.12. The summed E-state index contributed by atoms with van der Waals surface area (Å²) < 4.78 is 0. The van der Waals surface area contributed by atoms with E-state index in [0.29, 0.717) is 6.04 Å². The van der Waals surface area contributed by atoms with Crippen LogP contribution < -0.4 is 5.32 Å². The van der Waals surface area contributed by atoms with Crippen LogP contribution in [0, 0.1) is 0 Å². The lowest BCUT2D eigenvalue weighted by Crippen LogP contribution is -2.50. The molecule has 1 saturated heterocycles. The molecule has 2 aromatic carbocycles. The van der Waals surface area contributed by atoms with Gasteiger partial charge in [-0.25, -0.2) is 4.79 Å². The first-order chi connectivity index (χ1) is 13.2. The number of carbonyl (C=O) groups is 1. The minimum Gasteiger partial charge on any atom is -0.323 e. The van der Waals surface area contributed by atoms with Gasteiger partial charge in [0.25, 0.3) is 0 Å². The molecule has 0 aromatic heterocycles. The molecule has 4 nitrogen and oxygen atoms in total. The van der Waals surface area contributed by atoms with Gasteiger partial charge in [-0.3, -0.25) is 0 Å². The molecule has 1 unspecified atom stereocenters. The SMILES string of the molecule is CSc1cccc(NC(=O)N2CCCC(N(C)CCc3ccccc3)C2)c1. The van der Waals surface area contributed by atoms with E-state index in [1.165, 1.54) is 5.56 Å². The fourth-order valence-corrected chi connectivity index (χ4v) is 3.99. The number of nitrogens with zero attached hydrogens (tertiary/aromatic N) is 2. The summed E-state index contributed by atoms with van der Waals surface area (Å²) in [4.78, 5) is 18.2. The summed E-state index contributed by atoms with van der Waals surface area (Å²) in [6.45, 7) is 2.64. The third-order valence-corrected chi connectivity index (χ3v) is 5.95. The summed E-state index contributed by atoms with van der Waals surface area (Å²) in [6, 6.07) is 19.0. The summed E-state index contributed by atoms with van der Waals surface area (Å²) in [5.41, 5.74) is 2.23. The number of benzene rings is 2. The second-order valence-corrected chi connectivity index (χ2v) is 8.00. The molecular formula is C22H29N3OS. The Morgan fingerprint density at radius 2 is 2.04 bits per heavy atom. The average Bonchev–Trinajstić information content (AvgIpc) is 2.73. The minimum absolute atomic E-state index is 0.00872. The van der Waals surface area contributed by atoms with Crippen molar-refractivity contribution in [2.24, 2.45) is 0 Å². The number of amides is 2. The molecule has 0 spiro atoms. The highest BCUT2D eigenvalue weighted by Gasteiger charge is 2.26. The van der Waals surface area contributed by atoms with E-state index in [1.54, 1.807) is 11.8 Å². The van der Waals surface area contributed by atoms with Gasteiger partial charge in [-0.05, 0) is 56.3 Å². The fourth-order valence-electron chi connectivity index (χ4n) is 3.54. The third kappa shape index (κ3) is 5.75. The van der Waals surface area contributed by atoms with Crippen molar-refractivity contribution >= 4 is 23.5 Å². The maximum absolute atomic E-state index is 12.7. The molecule has 0 saturated carbocycles. The summed E-state index contributed by atoms with van der Waals surface area (Å²) in [5, 5.41) is 3.06. The smallest absolute Gasteiger partial charge is 0.321 e. The Labute approximate surface area is 166 Å². The molecule has 27 heavy (non-hydrogen) atoms. The normalized spacial score (nSPS) is 17.1. The monoisotopic (exact) mass is 383 g/mol. The van der Waals surface area contributed by atoms with Crippen molar-refractivity contribution in [3.05, 3.63) is 60.2 Å². The van der Waals surface area contributed by atoms with Crippen molar-refractivity contribution in [2.75, 3.05) is 38.3 Å². The van der Waals surface area contributed by atoms with Crippen LogP contribution in [0.2, 0.25) is 0 Å². The number of likely N-dealkylation sites (N-methyl/N-ethyl adjacent to an activating group) is 1. The lowest BCUT2D eigenvalue weighted by atomic mass is 10.0. The Balaban J connectivity index is 1.52. The lowest BCUT2D eigenvalue weighted by Gasteiger charge is -2.37.